The summed E-state index contributed by atoms with van der Waals surface area (Å²) in [6.07, 6.45) is -3.22. The molecule has 0 spiro atoms. The second-order valence-electron chi connectivity index (χ2n) is 4.36. The van der Waals surface area contributed by atoms with E-state index in [9.17, 15) is 24.2 Å². The van der Waals surface area contributed by atoms with Crippen molar-refractivity contribution in [1.29, 1.82) is 0 Å². The Bertz CT molecular complexity index is 506. The summed E-state index contributed by atoms with van der Waals surface area (Å²) in [6.45, 7) is 1.06. The van der Waals surface area contributed by atoms with Crippen LogP contribution in [-0.2, 0) is 16.0 Å². The Morgan fingerprint density at radius 1 is 1.35 bits per heavy atom. The van der Waals surface area contributed by atoms with Gasteiger partial charge in [-0.25, -0.2) is 4.39 Å². The van der Waals surface area contributed by atoms with Crippen LogP contribution in [0.25, 0.3) is 0 Å². The van der Waals surface area contributed by atoms with E-state index < -0.39 is 30.4 Å². The lowest BCUT2D eigenvalue weighted by atomic mass is 9.96. The number of halogens is 1. The van der Waals surface area contributed by atoms with Gasteiger partial charge in [-0.2, -0.15) is 0 Å². The predicted octanol–water partition coefficient (Wildman–Crippen LogP) is -0.0168. The van der Waals surface area contributed by atoms with Crippen molar-refractivity contribution in [2.75, 3.05) is 6.54 Å². The third kappa shape index (κ3) is 4.60. The summed E-state index contributed by atoms with van der Waals surface area (Å²) >= 11 is 0. The number of nitrogens with one attached hydrogen (secondary N) is 1. The molecule has 20 heavy (non-hydrogen) atoms. The highest BCUT2D eigenvalue weighted by Crippen LogP contribution is 2.22. The number of benzene rings is 1. The van der Waals surface area contributed by atoms with E-state index in [0.29, 0.717) is 0 Å². The van der Waals surface area contributed by atoms with Crippen LogP contribution in [0, 0.1) is 5.82 Å². The first-order valence-corrected chi connectivity index (χ1v) is 5.92. The summed E-state index contributed by atoms with van der Waals surface area (Å²) in [7, 11) is 0. The van der Waals surface area contributed by atoms with Gasteiger partial charge in [0.15, 0.2) is 0 Å². The van der Waals surface area contributed by atoms with Gasteiger partial charge in [-0.15, -0.1) is 0 Å². The molecule has 1 aromatic rings. The van der Waals surface area contributed by atoms with E-state index in [1.807, 2.05) is 0 Å². The van der Waals surface area contributed by atoms with Crippen LogP contribution < -0.4 is 5.32 Å². The first-order valence-electron chi connectivity index (χ1n) is 5.92. The van der Waals surface area contributed by atoms with Crippen molar-refractivity contribution in [3.8, 4) is 0 Å². The van der Waals surface area contributed by atoms with E-state index in [4.69, 9.17) is 5.11 Å². The van der Waals surface area contributed by atoms with Gasteiger partial charge >= 0.3 is 5.97 Å². The Labute approximate surface area is 114 Å². The average molecular weight is 285 g/mol. The number of aliphatic hydroxyl groups is 2. The molecule has 0 fully saturated rings. The van der Waals surface area contributed by atoms with Crippen LogP contribution in [0.1, 0.15) is 24.2 Å². The molecule has 0 aliphatic rings. The maximum absolute atomic E-state index is 13.1. The topological polar surface area (TPSA) is 107 Å². The van der Waals surface area contributed by atoms with Gasteiger partial charge in [-0.05, 0) is 23.3 Å². The number of aliphatic carboxylic acids is 1. The van der Waals surface area contributed by atoms with Crippen molar-refractivity contribution in [3.63, 3.8) is 0 Å². The fraction of sp³-hybridized carbons (Fsp3) is 0.385. The molecule has 1 amide bonds. The first kappa shape index (κ1) is 16.1. The largest absolute Gasteiger partial charge is 0.481 e. The number of carboxylic acids is 1. The highest BCUT2D eigenvalue weighted by molar-refractivity contribution is 5.72. The molecular formula is C13H16FNO5. The van der Waals surface area contributed by atoms with Crippen molar-refractivity contribution in [2.45, 2.75) is 25.6 Å². The molecule has 1 rings (SSSR count). The number of carbonyl (C=O) groups is 2. The number of hydrogen-bond donors (Lipinski definition) is 4. The van der Waals surface area contributed by atoms with Crippen molar-refractivity contribution < 1.29 is 29.3 Å². The summed E-state index contributed by atoms with van der Waals surface area (Å²) in [4.78, 5) is 21.4. The van der Waals surface area contributed by atoms with E-state index >= 15 is 0 Å². The van der Waals surface area contributed by atoms with Crippen LogP contribution in [0.4, 0.5) is 4.39 Å². The van der Waals surface area contributed by atoms with E-state index in [2.05, 4.69) is 5.32 Å². The summed E-state index contributed by atoms with van der Waals surface area (Å²) in [5.74, 6) is -2.19. The fourth-order valence-corrected chi connectivity index (χ4v) is 1.75. The molecule has 110 valence electrons. The molecular weight excluding hydrogens is 269 g/mol. The SMILES string of the molecule is CC(=O)NCC(O)C(O)c1ccc(F)cc1CC(=O)O. The number of aliphatic hydroxyl groups excluding tert-OH is 2. The second-order valence-corrected chi connectivity index (χ2v) is 4.36. The van der Waals surface area contributed by atoms with Crippen LogP contribution in [0.15, 0.2) is 18.2 Å². The van der Waals surface area contributed by atoms with E-state index in [-0.39, 0.29) is 23.6 Å². The van der Waals surface area contributed by atoms with E-state index in [1.165, 1.54) is 13.0 Å². The third-order valence-corrected chi connectivity index (χ3v) is 2.69. The van der Waals surface area contributed by atoms with Crippen molar-refractivity contribution >= 4 is 11.9 Å². The van der Waals surface area contributed by atoms with Crippen LogP contribution in [-0.4, -0.2) is 39.8 Å². The molecule has 4 N–H and O–H groups in total. The molecule has 7 heteroatoms. The summed E-state index contributed by atoms with van der Waals surface area (Å²) < 4.78 is 13.1. The van der Waals surface area contributed by atoms with E-state index in [0.717, 1.165) is 12.1 Å². The molecule has 2 unspecified atom stereocenters. The van der Waals surface area contributed by atoms with Crippen LogP contribution >= 0.6 is 0 Å². The maximum Gasteiger partial charge on any atom is 0.307 e. The van der Waals surface area contributed by atoms with Crippen LogP contribution in [0.3, 0.4) is 0 Å². The van der Waals surface area contributed by atoms with Crippen molar-refractivity contribution in [1.82, 2.24) is 5.32 Å². The monoisotopic (exact) mass is 285 g/mol. The van der Waals surface area contributed by atoms with Crippen molar-refractivity contribution in [2.24, 2.45) is 0 Å². The predicted molar refractivity (Wildman–Crippen MR) is 67.4 cm³/mol. The smallest absolute Gasteiger partial charge is 0.307 e. The zero-order valence-electron chi connectivity index (χ0n) is 10.8. The average Bonchev–Trinajstić information content (AvgIpc) is 2.34. The molecule has 0 bridgehead atoms. The van der Waals surface area contributed by atoms with Gasteiger partial charge < -0.3 is 20.6 Å². The van der Waals surface area contributed by atoms with E-state index in [1.54, 1.807) is 0 Å². The quantitative estimate of drug-likeness (QED) is 0.588. The Kier molecular flexibility index (Phi) is 5.60. The van der Waals surface area contributed by atoms with Gasteiger partial charge in [-0.3, -0.25) is 9.59 Å². The molecule has 0 aromatic heterocycles. The minimum absolute atomic E-state index is 0.0758. The van der Waals surface area contributed by atoms with Gasteiger partial charge in [0.1, 0.15) is 18.0 Å². The third-order valence-electron chi connectivity index (χ3n) is 2.69. The summed E-state index contributed by atoms with van der Waals surface area (Å²) in [5, 5.41) is 30.8. The number of hydrogen-bond acceptors (Lipinski definition) is 4. The van der Waals surface area contributed by atoms with Crippen LogP contribution in [0.2, 0.25) is 0 Å². The highest BCUT2D eigenvalue weighted by Gasteiger charge is 2.22. The molecule has 0 saturated carbocycles. The minimum Gasteiger partial charge on any atom is -0.481 e. The molecule has 0 radical (unpaired) electrons. The molecule has 0 heterocycles. The fourth-order valence-electron chi connectivity index (χ4n) is 1.75. The zero-order valence-corrected chi connectivity index (χ0v) is 10.8. The molecule has 0 aliphatic carbocycles. The summed E-state index contributed by atoms with van der Waals surface area (Å²) in [6, 6.07) is 3.28. The maximum atomic E-state index is 13.1. The van der Waals surface area contributed by atoms with Gasteiger partial charge in [-0.1, -0.05) is 6.07 Å². The molecule has 2 atom stereocenters. The lowest BCUT2D eigenvalue weighted by molar-refractivity contribution is -0.136. The first-order chi connectivity index (χ1) is 9.31. The van der Waals surface area contributed by atoms with Crippen molar-refractivity contribution in [3.05, 3.63) is 35.1 Å². The molecule has 6 nitrogen and oxygen atoms in total. The molecule has 0 saturated heterocycles. The molecule has 1 aromatic carbocycles. The Hall–Kier alpha value is -1.99. The summed E-state index contributed by atoms with van der Waals surface area (Å²) in [5.41, 5.74) is 0.193. The Balaban J connectivity index is 2.93. The number of carbonyl (C=O) groups excluding carboxylic acids is 1. The van der Waals surface area contributed by atoms with Gasteiger partial charge in [0, 0.05) is 13.5 Å². The molecule has 0 aliphatic heterocycles. The lowest BCUT2D eigenvalue weighted by Crippen LogP contribution is -2.34. The number of amides is 1. The van der Waals surface area contributed by atoms with Gasteiger partial charge in [0.05, 0.1) is 6.42 Å². The lowest BCUT2D eigenvalue weighted by Gasteiger charge is -2.20. The standard InChI is InChI=1S/C13H16FNO5/c1-7(16)15-6-11(17)13(20)10-3-2-9(14)4-8(10)5-12(18)19/h2-4,11,13,17,20H,5-6H2,1H3,(H,15,16)(H,18,19). The normalized spacial score (nSPS) is 13.6. The Morgan fingerprint density at radius 3 is 2.55 bits per heavy atom. The van der Waals surface area contributed by atoms with Crippen LogP contribution in [0.5, 0.6) is 0 Å². The van der Waals surface area contributed by atoms with Gasteiger partial charge in [0.2, 0.25) is 5.91 Å². The zero-order chi connectivity index (χ0) is 15.3. The highest BCUT2D eigenvalue weighted by atomic mass is 19.1. The Morgan fingerprint density at radius 2 is 2.00 bits per heavy atom. The number of carboxylic acid groups (broad SMARTS) is 1. The number of rotatable bonds is 6. The minimum atomic E-state index is -1.42. The van der Waals surface area contributed by atoms with Gasteiger partial charge in [0.25, 0.3) is 0 Å². The second kappa shape index (κ2) is 6.97.